The summed E-state index contributed by atoms with van der Waals surface area (Å²) >= 11 is 0. The topological polar surface area (TPSA) is 17.1 Å². The van der Waals surface area contributed by atoms with Gasteiger partial charge in [0.05, 0.1) is 5.41 Å². The molecule has 106 valence electrons. The van der Waals surface area contributed by atoms with Crippen LogP contribution in [-0.4, -0.2) is 5.78 Å². The van der Waals surface area contributed by atoms with Gasteiger partial charge in [0.15, 0.2) is 0 Å². The lowest BCUT2D eigenvalue weighted by Crippen LogP contribution is -2.29. The number of carbonyl (C=O) groups excluding carboxylic acids is 1. The van der Waals surface area contributed by atoms with E-state index in [1.165, 1.54) is 5.56 Å². The largest absolute Gasteiger partial charge is 0.299 e. The Morgan fingerprint density at radius 1 is 1.05 bits per heavy atom. The molecule has 0 aromatic heterocycles. The van der Waals surface area contributed by atoms with Crippen molar-refractivity contribution in [2.24, 2.45) is 5.41 Å². The van der Waals surface area contributed by atoms with E-state index in [0.29, 0.717) is 12.2 Å². The van der Waals surface area contributed by atoms with Crippen LogP contribution in [0.2, 0.25) is 0 Å². The molecule has 0 heterocycles. The van der Waals surface area contributed by atoms with E-state index in [1.54, 1.807) is 0 Å². The number of allylic oxidation sites excluding steroid dienone is 1. The fraction of sp³-hybridized carbons (Fsp3) is 0.250. The van der Waals surface area contributed by atoms with Crippen LogP contribution in [0.1, 0.15) is 36.8 Å². The van der Waals surface area contributed by atoms with E-state index in [9.17, 15) is 4.79 Å². The molecule has 3 rings (SSSR count). The highest BCUT2D eigenvalue weighted by Gasteiger charge is 2.48. The predicted octanol–water partition coefficient (Wildman–Crippen LogP) is 4.85. The van der Waals surface area contributed by atoms with Crippen LogP contribution < -0.4 is 0 Å². The van der Waals surface area contributed by atoms with E-state index in [4.69, 9.17) is 0 Å². The molecule has 2 aromatic rings. The van der Waals surface area contributed by atoms with Crippen molar-refractivity contribution in [3.63, 3.8) is 0 Å². The lowest BCUT2D eigenvalue weighted by atomic mass is 9.69. The highest BCUT2D eigenvalue weighted by atomic mass is 16.1. The summed E-state index contributed by atoms with van der Waals surface area (Å²) in [5.74, 6) is 0.532. The Kier molecular flexibility index (Phi) is 3.50. The second kappa shape index (κ2) is 5.33. The van der Waals surface area contributed by atoms with Crippen molar-refractivity contribution in [1.29, 1.82) is 0 Å². The van der Waals surface area contributed by atoms with Gasteiger partial charge in [-0.1, -0.05) is 67.2 Å². The smallest absolute Gasteiger partial charge is 0.143 e. The van der Waals surface area contributed by atoms with Crippen LogP contribution in [0.3, 0.4) is 0 Å². The first-order valence-electron chi connectivity index (χ1n) is 7.47. The van der Waals surface area contributed by atoms with Crippen molar-refractivity contribution in [1.82, 2.24) is 0 Å². The van der Waals surface area contributed by atoms with Crippen molar-refractivity contribution in [3.8, 4) is 0 Å². The van der Waals surface area contributed by atoms with Gasteiger partial charge in [-0.15, -0.1) is 0 Å². The molecule has 1 aliphatic carbocycles. The van der Waals surface area contributed by atoms with Crippen LogP contribution in [0, 0.1) is 5.41 Å². The van der Waals surface area contributed by atoms with Crippen molar-refractivity contribution in [3.05, 3.63) is 78.4 Å². The Balaban J connectivity index is 2.04. The van der Waals surface area contributed by atoms with Gasteiger partial charge in [0, 0.05) is 12.3 Å². The molecule has 0 bridgehead atoms. The molecule has 1 aliphatic rings. The number of hydrogen-bond donors (Lipinski definition) is 0. The summed E-state index contributed by atoms with van der Waals surface area (Å²) in [5.41, 5.74) is 2.75. The molecule has 0 N–H and O–H groups in total. The Hall–Kier alpha value is -2.15. The van der Waals surface area contributed by atoms with Crippen LogP contribution in [0.4, 0.5) is 0 Å². The maximum atomic E-state index is 12.6. The molecule has 0 unspecified atom stereocenters. The van der Waals surface area contributed by atoms with Gasteiger partial charge in [-0.3, -0.25) is 4.79 Å². The molecule has 1 saturated carbocycles. The Bertz CT molecular complexity index is 657. The summed E-state index contributed by atoms with van der Waals surface area (Å²) in [6.45, 7) is 6.35. The third-order valence-corrected chi connectivity index (χ3v) is 4.89. The van der Waals surface area contributed by atoms with Crippen LogP contribution in [0.25, 0.3) is 5.57 Å². The highest BCUT2D eigenvalue weighted by Crippen LogP contribution is 2.53. The van der Waals surface area contributed by atoms with E-state index in [1.807, 2.05) is 48.5 Å². The molecule has 0 amide bonds. The zero-order chi connectivity index (χ0) is 14.9. The van der Waals surface area contributed by atoms with Crippen molar-refractivity contribution >= 4 is 11.4 Å². The number of rotatable bonds is 3. The van der Waals surface area contributed by atoms with E-state index < -0.39 is 5.41 Å². The summed E-state index contributed by atoms with van der Waals surface area (Å²) in [4.78, 5) is 12.6. The second-order valence-electron chi connectivity index (χ2n) is 5.97. The zero-order valence-electron chi connectivity index (χ0n) is 12.4. The summed E-state index contributed by atoms with van der Waals surface area (Å²) in [6.07, 6.45) is 1.55. The number of hydrogen-bond acceptors (Lipinski definition) is 1. The fourth-order valence-corrected chi connectivity index (χ4v) is 3.52. The van der Waals surface area contributed by atoms with Crippen molar-refractivity contribution < 1.29 is 4.79 Å². The van der Waals surface area contributed by atoms with E-state index in [-0.39, 0.29) is 5.92 Å². The van der Waals surface area contributed by atoms with Gasteiger partial charge in [0.25, 0.3) is 0 Å². The lowest BCUT2D eigenvalue weighted by molar-refractivity contribution is -0.122. The summed E-state index contributed by atoms with van der Waals surface area (Å²) in [6, 6.07) is 20.4. The standard InChI is InChI=1S/C20H20O/c1-15(16-9-5-3-6-10-16)20(2)18(13-14-19(20)21)17-11-7-4-8-12-17/h3-12,18H,1,13-14H2,2H3/t18-,20+/m1/s1. The Labute approximate surface area is 126 Å². The van der Waals surface area contributed by atoms with Crippen molar-refractivity contribution in [2.45, 2.75) is 25.7 Å². The van der Waals surface area contributed by atoms with E-state index >= 15 is 0 Å². The Morgan fingerprint density at radius 3 is 2.24 bits per heavy atom. The van der Waals surface area contributed by atoms with Gasteiger partial charge in [-0.25, -0.2) is 0 Å². The Morgan fingerprint density at radius 2 is 1.62 bits per heavy atom. The third kappa shape index (κ3) is 2.23. The normalized spacial score (nSPS) is 25.0. The number of Topliss-reactive ketones (excluding diaryl/α,β-unsaturated/α-hetero) is 1. The van der Waals surface area contributed by atoms with Gasteiger partial charge in [-0.05, 0) is 30.0 Å². The fourth-order valence-electron chi connectivity index (χ4n) is 3.52. The quantitative estimate of drug-likeness (QED) is 0.783. The van der Waals surface area contributed by atoms with Gasteiger partial charge < -0.3 is 0 Å². The molecule has 2 atom stereocenters. The van der Waals surface area contributed by atoms with Gasteiger partial charge in [-0.2, -0.15) is 0 Å². The molecule has 0 radical (unpaired) electrons. The van der Waals surface area contributed by atoms with Gasteiger partial charge in [0.2, 0.25) is 0 Å². The van der Waals surface area contributed by atoms with E-state index in [0.717, 1.165) is 17.6 Å². The van der Waals surface area contributed by atoms with Crippen LogP contribution in [-0.2, 0) is 4.79 Å². The molecule has 0 aliphatic heterocycles. The maximum absolute atomic E-state index is 12.6. The summed E-state index contributed by atoms with van der Waals surface area (Å²) in [7, 11) is 0. The molecule has 1 fully saturated rings. The molecule has 21 heavy (non-hydrogen) atoms. The van der Waals surface area contributed by atoms with Crippen LogP contribution in [0.5, 0.6) is 0 Å². The molecule has 2 aromatic carbocycles. The first-order valence-corrected chi connectivity index (χ1v) is 7.47. The lowest BCUT2D eigenvalue weighted by Gasteiger charge is -2.33. The minimum Gasteiger partial charge on any atom is -0.299 e. The molecule has 1 nitrogen and oxygen atoms in total. The SMILES string of the molecule is C=C(c1ccccc1)[C@]1(C)C(=O)CC[C@@H]1c1ccccc1. The molecule has 0 spiro atoms. The van der Waals surface area contributed by atoms with Gasteiger partial charge in [0.1, 0.15) is 5.78 Å². The predicted molar refractivity (Wildman–Crippen MR) is 87.0 cm³/mol. The maximum Gasteiger partial charge on any atom is 0.143 e. The third-order valence-electron chi connectivity index (χ3n) is 4.89. The highest BCUT2D eigenvalue weighted by molar-refractivity contribution is 6.00. The molecular weight excluding hydrogens is 256 g/mol. The molecular formula is C20H20O. The van der Waals surface area contributed by atoms with E-state index in [2.05, 4.69) is 25.6 Å². The monoisotopic (exact) mass is 276 g/mol. The number of benzene rings is 2. The first kappa shape index (κ1) is 13.8. The average molecular weight is 276 g/mol. The van der Waals surface area contributed by atoms with Crippen molar-refractivity contribution in [2.75, 3.05) is 0 Å². The summed E-state index contributed by atoms with van der Waals surface area (Å²) < 4.78 is 0. The van der Waals surface area contributed by atoms with Crippen LogP contribution in [0.15, 0.2) is 67.2 Å². The molecule has 0 saturated heterocycles. The summed E-state index contributed by atoms with van der Waals surface area (Å²) in [5, 5.41) is 0. The average Bonchev–Trinajstić information content (AvgIpc) is 2.85. The minimum absolute atomic E-state index is 0.221. The van der Waals surface area contributed by atoms with Gasteiger partial charge >= 0.3 is 0 Å². The number of ketones is 1. The number of carbonyl (C=O) groups is 1. The second-order valence-corrected chi connectivity index (χ2v) is 5.97. The first-order chi connectivity index (χ1) is 10.1. The minimum atomic E-state index is -0.497. The zero-order valence-corrected chi connectivity index (χ0v) is 12.4. The van der Waals surface area contributed by atoms with Crippen LogP contribution >= 0.6 is 0 Å². The molecule has 1 heteroatoms.